The Kier molecular flexibility index (Phi) is 5.83. The summed E-state index contributed by atoms with van der Waals surface area (Å²) < 4.78 is 0. The molecule has 1 amide bonds. The van der Waals surface area contributed by atoms with Gasteiger partial charge in [-0.25, -0.2) is 0 Å². The molecular formula is C18H29N3O. The van der Waals surface area contributed by atoms with Crippen molar-refractivity contribution >= 4 is 17.3 Å². The highest BCUT2D eigenvalue weighted by Gasteiger charge is 2.20. The highest BCUT2D eigenvalue weighted by atomic mass is 16.2. The summed E-state index contributed by atoms with van der Waals surface area (Å²) >= 11 is 0. The quantitative estimate of drug-likeness (QED) is 0.878. The predicted molar refractivity (Wildman–Crippen MR) is 93.1 cm³/mol. The summed E-state index contributed by atoms with van der Waals surface area (Å²) in [6.45, 7) is 8.55. The fourth-order valence-corrected chi connectivity index (χ4v) is 2.79. The summed E-state index contributed by atoms with van der Waals surface area (Å²) in [6, 6.07) is 7.64. The number of nitrogens with zero attached hydrogens (tertiary/aromatic N) is 1. The minimum atomic E-state index is -0.454. The van der Waals surface area contributed by atoms with Crippen LogP contribution >= 0.6 is 0 Å². The van der Waals surface area contributed by atoms with E-state index in [-0.39, 0.29) is 11.8 Å². The molecule has 1 saturated heterocycles. The SMILES string of the molecule is CCC(C)C(N)C(=O)Nc1cccc(N2CCC(C)CC2)c1. The molecule has 1 fully saturated rings. The van der Waals surface area contributed by atoms with Crippen LogP contribution in [0.5, 0.6) is 0 Å². The Bertz CT molecular complexity index is 495. The Labute approximate surface area is 134 Å². The first-order chi connectivity index (χ1) is 10.5. The second-order valence-corrected chi connectivity index (χ2v) is 6.62. The van der Waals surface area contributed by atoms with Crippen molar-refractivity contribution in [3.8, 4) is 0 Å². The number of hydrogen-bond donors (Lipinski definition) is 2. The molecule has 4 nitrogen and oxygen atoms in total. The predicted octanol–water partition coefficient (Wildman–Crippen LogP) is 3.23. The molecule has 2 unspecified atom stereocenters. The van der Waals surface area contributed by atoms with Crippen LogP contribution < -0.4 is 16.0 Å². The molecule has 4 heteroatoms. The van der Waals surface area contributed by atoms with Gasteiger partial charge in [0, 0.05) is 24.5 Å². The third-order valence-electron chi connectivity index (χ3n) is 4.82. The van der Waals surface area contributed by atoms with Crippen LogP contribution in [0.2, 0.25) is 0 Å². The van der Waals surface area contributed by atoms with E-state index < -0.39 is 6.04 Å². The number of anilines is 2. The topological polar surface area (TPSA) is 58.4 Å². The van der Waals surface area contributed by atoms with Crippen molar-refractivity contribution in [3.05, 3.63) is 24.3 Å². The number of nitrogens with one attached hydrogen (secondary N) is 1. The maximum absolute atomic E-state index is 12.2. The van der Waals surface area contributed by atoms with Crippen LogP contribution in [0.4, 0.5) is 11.4 Å². The number of hydrogen-bond acceptors (Lipinski definition) is 3. The van der Waals surface area contributed by atoms with Crippen LogP contribution in [0, 0.1) is 11.8 Å². The molecule has 0 aliphatic carbocycles. The number of piperidine rings is 1. The maximum atomic E-state index is 12.2. The number of amides is 1. The molecule has 1 aromatic carbocycles. The third-order valence-corrected chi connectivity index (χ3v) is 4.82. The number of rotatable bonds is 5. The van der Waals surface area contributed by atoms with Gasteiger partial charge in [-0.2, -0.15) is 0 Å². The second-order valence-electron chi connectivity index (χ2n) is 6.62. The Hall–Kier alpha value is -1.55. The zero-order valence-electron chi connectivity index (χ0n) is 14.0. The summed E-state index contributed by atoms with van der Waals surface area (Å²) in [6.07, 6.45) is 3.37. The highest BCUT2D eigenvalue weighted by molar-refractivity contribution is 5.95. The van der Waals surface area contributed by atoms with Gasteiger partial charge in [0.15, 0.2) is 0 Å². The number of carbonyl (C=O) groups excluding carboxylic acids is 1. The standard InChI is InChI=1S/C18H29N3O/c1-4-14(3)17(19)18(22)20-15-6-5-7-16(12-15)21-10-8-13(2)9-11-21/h5-7,12-14,17H,4,8-11,19H2,1-3H3,(H,20,22). The minimum absolute atomic E-state index is 0.0984. The molecule has 0 aromatic heterocycles. The molecule has 122 valence electrons. The average Bonchev–Trinajstić information content (AvgIpc) is 2.54. The lowest BCUT2D eigenvalue weighted by Gasteiger charge is -2.32. The molecule has 0 bridgehead atoms. The van der Waals surface area contributed by atoms with Crippen molar-refractivity contribution in [3.63, 3.8) is 0 Å². The van der Waals surface area contributed by atoms with E-state index in [0.29, 0.717) is 0 Å². The van der Waals surface area contributed by atoms with Crippen molar-refractivity contribution in [2.45, 2.75) is 46.1 Å². The molecule has 1 aliphatic rings. The van der Waals surface area contributed by atoms with Gasteiger partial charge in [-0.05, 0) is 42.9 Å². The van der Waals surface area contributed by atoms with Gasteiger partial charge in [0.25, 0.3) is 0 Å². The van der Waals surface area contributed by atoms with E-state index in [1.807, 2.05) is 19.1 Å². The first-order valence-electron chi connectivity index (χ1n) is 8.42. The molecule has 22 heavy (non-hydrogen) atoms. The van der Waals surface area contributed by atoms with Gasteiger partial charge in [0.1, 0.15) is 0 Å². The molecule has 2 atom stereocenters. The number of nitrogens with two attached hydrogens (primary N) is 1. The monoisotopic (exact) mass is 303 g/mol. The van der Waals surface area contributed by atoms with Gasteiger partial charge < -0.3 is 16.0 Å². The van der Waals surface area contributed by atoms with Gasteiger partial charge in [-0.1, -0.05) is 33.3 Å². The summed E-state index contributed by atoms with van der Waals surface area (Å²) in [5.41, 5.74) is 8.01. The number of benzene rings is 1. The maximum Gasteiger partial charge on any atom is 0.241 e. The first-order valence-corrected chi connectivity index (χ1v) is 8.42. The van der Waals surface area contributed by atoms with Gasteiger partial charge in [0.05, 0.1) is 6.04 Å². The van der Waals surface area contributed by atoms with E-state index in [0.717, 1.165) is 31.1 Å². The van der Waals surface area contributed by atoms with Gasteiger partial charge >= 0.3 is 0 Å². The van der Waals surface area contributed by atoms with Crippen molar-refractivity contribution in [1.82, 2.24) is 0 Å². The second kappa shape index (κ2) is 7.63. The molecule has 1 heterocycles. The number of carbonyl (C=O) groups is 1. The fourth-order valence-electron chi connectivity index (χ4n) is 2.79. The van der Waals surface area contributed by atoms with Crippen molar-refractivity contribution < 1.29 is 4.79 Å². The minimum Gasteiger partial charge on any atom is -0.371 e. The Balaban J connectivity index is 2.01. The molecule has 3 N–H and O–H groups in total. The zero-order chi connectivity index (χ0) is 16.1. The lowest BCUT2D eigenvalue weighted by molar-refractivity contribution is -0.118. The fraction of sp³-hybridized carbons (Fsp3) is 0.611. The van der Waals surface area contributed by atoms with Crippen LogP contribution in [0.25, 0.3) is 0 Å². The van der Waals surface area contributed by atoms with E-state index in [9.17, 15) is 4.79 Å². The average molecular weight is 303 g/mol. The molecule has 2 rings (SSSR count). The smallest absolute Gasteiger partial charge is 0.241 e. The molecule has 0 saturated carbocycles. The summed E-state index contributed by atoms with van der Waals surface area (Å²) in [4.78, 5) is 14.6. The first kappa shape index (κ1) is 16.8. The summed E-state index contributed by atoms with van der Waals surface area (Å²) in [5, 5.41) is 2.95. The normalized spacial score (nSPS) is 18.8. The van der Waals surface area contributed by atoms with Crippen molar-refractivity contribution in [1.29, 1.82) is 0 Å². The Morgan fingerprint density at radius 1 is 1.41 bits per heavy atom. The van der Waals surface area contributed by atoms with E-state index >= 15 is 0 Å². The van der Waals surface area contributed by atoms with Crippen molar-refractivity contribution in [2.24, 2.45) is 17.6 Å². The summed E-state index contributed by atoms with van der Waals surface area (Å²) in [7, 11) is 0. The Morgan fingerprint density at radius 2 is 2.09 bits per heavy atom. The van der Waals surface area contributed by atoms with Crippen LogP contribution in [0.15, 0.2) is 24.3 Å². The van der Waals surface area contributed by atoms with E-state index in [1.54, 1.807) is 0 Å². The molecule has 0 radical (unpaired) electrons. The molecule has 1 aromatic rings. The van der Waals surface area contributed by atoms with Crippen LogP contribution in [0.1, 0.15) is 40.0 Å². The van der Waals surface area contributed by atoms with Crippen LogP contribution in [-0.2, 0) is 4.79 Å². The van der Waals surface area contributed by atoms with E-state index in [2.05, 4.69) is 36.2 Å². The van der Waals surface area contributed by atoms with Gasteiger partial charge in [-0.3, -0.25) is 4.79 Å². The van der Waals surface area contributed by atoms with Crippen molar-refractivity contribution in [2.75, 3.05) is 23.3 Å². The van der Waals surface area contributed by atoms with Crippen LogP contribution in [0.3, 0.4) is 0 Å². The lowest BCUT2D eigenvalue weighted by Crippen LogP contribution is -2.40. The third kappa shape index (κ3) is 4.23. The Morgan fingerprint density at radius 3 is 2.73 bits per heavy atom. The van der Waals surface area contributed by atoms with Gasteiger partial charge in [0.2, 0.25) is 5.91 Å². The van der Waals surface area contributed by atoms with Gasteiger partial charge in [-0.15, -0.1) is 0 Å². The van der Waals surface area contributed by atoms with E-state index in [4.69, 9.17) is 5.73 Å². The molecular weight excluding hydrogens is 274 g/mol. The zero-order valence-corrected chi connectivity index (χ0v) is 14.0. The largest absolute Gasteiger partial charge is 0.371 e. The van der Waals surface area contributed by atoms with Crippen LogP contribution in [-0.4, -0.2) is 25.0 Å². The highest BCUT2D eigenvalue weighted by Crippen LogP contribution is 2.25. The lowest BCUT2D eigenvalue weighted by atomic mass is 9.98. The van der Waals surface area contributed by atoms with E-state index in [1.165, 1.54) is 18.5 Å². The summed E-state index contributed by atoms with van der Waals surface area (Å²) in [5.74, 6) is 0.901. The molecule has 1 aliphatic heterocycles. The molecule has 0 spiro atoms.